The normalized spacial score (nSPS) is 10.7. The molecule has 2 aromatic rings. The Morgan fingerprint density at radius 3 is 2.85 bits per heavy atom. The molecule has 1 amide bonds. The molecule has 1 heterocycles. The zero-order valence-electron chi connectivity index (χ0n) is 11.4. The topological polar surface area (TPSA) is 51.2 Å². The Morgan fingerprint density at radius 1 is 1.45 bits per heavy atom. The van der Waals surface area contributed by atoms with Gasteiger partial charge in [-0.25, -0.2) is 9.37 Å². The van der Waals surface area contributed by atoms with Crippen molar-refractivity contribution in [1.29, 1.82) is 0 Å². The number of amides is 1. The van der Waals surface area contributed by atoms with Crippen LogP contribution in [0.1, 0.15) is 13.8 Å². The van der Waals surface area contributed by atoms with Crippen LogP contribution in [0.5, 0.6) is 5.75 Å². The second-order valence-electron chi connectivity index (χ2n) is 4.53. The van der Waals surface area contributed by atoms with E-state index in [1.807, 2.05) is 0 Å². The molecule has 106 valence electrons. The van der Waals surface area contributed by atoms with Gasteiger partial charge < -0.3 is 10.1 Å². The molecule has 2 rings (SSSR count). The first-order chi connectivity index (χ1) is 9.51. The van der Waals surface area contributed by atoms with Gasteiger partial charge in [-0.05, 0) is 18.2 Å². The average Bonchev–Trinajstić information content (AvgIpc) is 2.87. The summed E-state index contributed by atoms with van der Waals surface area (Å²) in [6.45, 7) is 3.61. The minimum absolute atomic E-state index is 0.0999. The summed E-state index contributed by atoms with van der Waals surface area (Å²) in [5.41, 5.74) is 1.14. The zero-order valence-corrected chi connectivity index (χ0v) is 12.3. The molecule has 0 aliphatic rings. The van der Waals surface area contributed by atoms with Crippen LogP contribution in [0.2, 0.25) is 0 Å². The number of methoxy groups -OCH3 is 1. The van der Waals surface area contributed by atoms with Crippen molar-refractivity contribution in [1.82, 2.24) is 4.98 Å². The second-order valence-corrected chi connectivity index (χ2v) is 5.38. The van der Waals surface area contributed by atoms with Gasteiger partial charge >= 0.3 is 0 Å². The van der Waals surface area contributed by atoms with Crippen LogP contribution in [-0.2, 0) is 4.79 Å². The maximum Gasteiger partial charge on any atom is 0.228 e. The zero-order chi connectivity index (χ0) is 14.7. The number of hydrogen-bond donors (Lipinski definition) is 1. The minimum atomic E-state index is -0.360. The number of benzene rings is 1. The Kier molecular flexibility index (Phi) is 4.34. The van der Waals surface area contributed by atoms with Crippen molar-refractivity contribution in [3.63, 3.8) is 0 Å². The van der Waals surface area contributed by atoms with Crippen LogP contribution >= 0.6 is 11.3 Å². The molecule has 0 spiro atoms. The van der Waals surface area contributed by atoms with Gasteiger partial charge in [0.05, 0.1) is 12.8 Å². The summed E-state index contributed by atoms with van der Waals surface area (Å²) in [6.07, 6.45) is 0. The number of anilines is 1. The summed E-state index contributed by atoms with van der Waals surface area (Å²) in [7, 11) is 1.52. The first kappa shape index (κ1) is 14.5. The van der Waals surface area contributed by atoms with Crippen LogP contribution in [0.3, 0.4) is 0 Å². The maximum atomic E-state index is 13.3. The smallest absolute Gasteiger partial charge is 0.228 e. The van der Waals surface area contributed by atoms with Crippen molar-refractivity contribution >= 4 is 22.4 Å². The van der Waals surface area contributed by atoms with Gasteiger partial charge in [0.2, 0.25) is 5.91 Å². The van der Waals surface area contributed by atoms with E-state index >= 15 is 0 Å². The maximum absolute atomic E-state index is 13.3. The van der Waals surface area contributed by atoms with E-state index in [1.54, 1.807) is 25.3 Å². The van der Waals surface area contributed by atoms with Crippen LogP contribution in [0.25, 0.3) is 11.3 Å². The van der Waals surface area contributed by atoms with E-state index in [1.165, 1.54) is 30.6 Å². The number of nitrogens with zero attached hydrogens (tertiary/aromatic N) is 1. The molecule has 1 aromatic carbocycles. The fourth-order valence-electron chi connectivity index (χ4n) is 1.58. The summed E-state index contributed by atoms with van der Waals surface area (Å²) in [5, 5.41) is 4.97. The van der Waals surface area contributed by atoms with E-state index in [2.05, 4.69) is 10.3 Å². The highest BCUT2D eigenvalue weighted by Crippen LogP contribution is 2.32. The Bertz CT molecular complexity index is 625. The number of aromatic nitrogens is 1. The molecule has 6 heteroatoms. The molecular weight excluding hydrogens is 279 g/mol. The highest BCUT2D eigenvalue weighted by atomic mass is 32.1. The quantitative estimate of drug-likeness (QED) is 0.938. The molecule has 0 radical (unpaired) electrons. The number of ether oxygens (including phenoxy) is 1. The van der Waals surface area contributed by atoms with Gasteiger partial charge in [0.15, 0.2) is 5.13 Å². The van der Waals surface area contributed by atoms with Crippen molar-refractivity contribution in [2.75, 3.05) is 12.4 Å². The SMILES string of the molecule is COc1ccc(F)cc1-c1csc(NC(=O)C(C)C)n1. The van der Waals surface area contributed by atoms with E-state index < -0.39 is 0 Å². The number of thiazole rings is 1. The molecule has 1 N–H and O–H groups in total. The van der Waals surface area contributed by atoms with E-state index in [-0.39, 0.29) is 17.6 Å². The lowest BCUT2D eigenvalue weighted by Crippen LogP contribution is -2.17. The molecule has 0 aliphatic carbocycles. The van der Waals surface area contributed by atoms with Crippen molar-refractivity contribution in [2.45, 2.75) is 13.8 Å². The van der Waals surface area contributed by atoms with Crippen LogP contribution in [0.15, 0.2) is 23.6 Å². The van der Waals surface area contributed by atoms with Crippen LogP contribution in [0.4, 0.5) is 9.52 Å². The lowest BCUT2D eigenvalue weighted by molar-refractivity contribution is -0.118. The molecule has 0 bridgehead atoms. The average molecular weight is 294 g/mol. The summed E-state index contributed by atoms with van der Waals surface area (Å²) >= 11 is 1.29. The van der Waals surface area contributed by atoms with Gasteiger partial charge in [-0.3, -0.25) is 4.79 Å². The number of carbonyl (C=O) groups excluding carboxylic acids is 1. The Labute approximate surface area is 120 Å². The first-order valence-electron chi connectivity index (χ1n) is 6.11. The van der Waals surface area contributed by atoms with Crippen molar-refractivity contribution in [3.8, 4) is 17.0 Å². The van der Waals surface area contributed by atoms with Crippen molar-refractivity contribution in [3.05, 3.63) is 29.4 Å². The molecule has 0 atom stereocenters. The lowest BCUT2D eigenvalue weighted by atomic mass is 10.1. The van der Waals surface area contributed by atoms with Crippen molar-refractivity contribution in [2.24, 2.45) is 5.92 Å². The largest absolute Gasteiger partial charge is 0.496 e. The monoisotopic (exact) mass is 294 g/mol. The third-order valence-corrected chi connectivity index (χ3v) is 3.45. The fraction of sp³-hybridized carbons (Fsp3) is 0.286. The lowest BCUT2D eigenvalue weighted by Gasteiger charge is -2.06. The third kappa shape index (κ3) is 3.14. The van der Waals surface area contributed by atoms with Gasteiger partial charge in [-0.1, -0.05) is 13.8 Å². The summed E-state index contributed by atoms with van der Waals surface area (Å²) in [5.74, 6) is -0.0387. The van der Waals surface area contributed by atoms with Gasteiger partial charge in [0, 0.05) is 16.9 Å². The number of rotatable bonds is 4. The van der Waals surface area contributed by atoms with Gasteiger partial charge in [0.25, 0.3) is 0 Å². The third-order valence-electron chi connectivity index (χ3n) is 2.70. The first-order valence-corrected chi connectivity index (χ1v) is 6.99. The van der Waals surface area contributed by atoms with E-state index in [0.717, 1.165) is 0 Å². The van der Waals surface area contributed by atoms with Crippen LogP contribution < -0.4 is 10.1 Å². The van der Waals surface area contributed by atoms with Crippen LogP contribution in [-0.4, -0.2) is 18.0 Å². The highest BCUT2D eigenvalue weighted by molar-refractivity contribution is 7.14. The predicted octanol–water partition coefficient (Wildman–Crippen LogP) is 3.55. The Hall–Kier alpha value is -1.95. The Morgan fingerprint density at radius 2 is 2.20 bits per heavy atom. The second kappa shape index (κ2) is 6.00. The predicted molar refractivity (Wildman–Crippen MR) is 77.5 cm³/mol. The highest BCUT2D eigenvalue weighted by Gasteiger charge is 2.13. The van der Waals surface area contributed by atoms with E-state index in [0.29, 0.717) is 22.1 Å². The summed E-state index contributed by atoms with van der Waals surface area (Å²) in [4.78, 5) is 15.9. The molecule has 20 heavy (non-hydrogen) atoms. The molecule has 4 nitrogen and oxygen atoms in total. The molecule has 0 unspecified atom stereocenters. The summed E-state index contributed by atoms with van der Waals surface area (Å²) < 4.78 is 18.5. The molecule has 0 fully saturated rings. The molecule has 0 saturated carbocycles. The van der Waals surface area contributed by atoms with Gasteiger partial charge in [0.1, 0.15) is 11.6 Å². The standard InChI is InChI=1S/C14H15FN2O2S/c1-8(2)13(18)17-14-16-11(7-20-14)10-6-9(15)4-5-12(10)19-3/h4-8H,1-3H3,(H,16,17,18). The Balaban J connectivity index is 2.29. The number of nitrogens with one attached hydrogen (secondary N) is 1. The number of hydrogen-bond acceptors (Lipinski definition) is 4. The van der Waals surface area contributed by atoms with Crippen LogP contribution in [0, 0.1) is 11.7 Å². The van der Waals surface area contributed by atoms with Crippen molar-refractivity contribution < 1.29 is 13.9 Å². The molecule has 0 aliphatic heterocycles. The van der Waals surface area contributed by atoms with Gasteiger partial charge in [-0.2, -0.15) is 0 Å². The van der Waals surface area contributed by atoms with E-state index in [9.17, 15) is 9.18 Å². The molecule has 1 aromatic heterocycles. The number of carbonyl (C=O) groups is 1. The minimum Gasteiger partial charge on any atom is -0.496 e. The van der Waals surface area contributed by atoms with E-state index in [4.69, 9.17) is 4.74 Å². The van der Waals surface area contributed by atoms with Gasteiger partial charge in [-0.15, -0.1) is 11.3 Å². The molecule has 0 saturated heterocycles. The summed E-state index contributed by atoms with van der Waals surface area (Å²) in [6, 6.07) is 4.24. The number of halogens is 1. The molecular formula is C14H15FN2O2S. The fourth-order valence-corrected chi connectivity index (χ4v) is 2.30.